The average Bonchev–Trinajstić information content (AvgIpc) is 3.37. The van der Waals surface area contributed by atoms with Crippen molar-refractivity contribution in [2.45, 2.75) is 13.3 Å². The Kier molecular flexibility index (Phi) is 6.23. The third-order valence-corrected chi connectivity index (χ3v) is 5.69. The summed E-state index contributed by atoms with van der Waals surface area (Å²) in [6, 6.07) is 10.7. The Morgan fingerprint density at radius 2 is 2.03 bits per heavy atom. The van der Waals surface area contributed by atoms with E-state index in [2.05, 4.69) is 42.0 Å². The monoisotopic (exact) mass is 501 g/mol. The molecule has 9 nitrogen and oxygen atoms in total. The van der Waals surface area contributed by atoms with Crippen LogP contribution in [0.15, 0.2) is 46.0 Å². The number of hydrazone groups is 1. The van der Waals surface area contributed by atoms with Crippen LogP contribution in [-0.2, 0) is 11.2 Å². The van der Waals surface area contributed by atoms with Crippen LogP contribution in [0.2, 0.25) is 0 Å². The second kappa shape index (κ2) is 9.23. The van der Waals surface area contributed by atoms with E-state index in [0.717, 1.165) is 26.9 Å². The van der Waals surface area contributed by atoms with Crippen molar-refractivity contribution < 1.29 is 19.1 Å². The van der Waals surface area contributed by atoms with E-state index >= 15 is 0 Å². The number of ether oxygens (including phenoxy) is 2. The topological polar surface area (TPSA) is 115 Å². The van der Waals surface area contributed by atoms with E-state index in [1.807, 2.05) is 19.1 Å². The summed E-state index contributed by atoms with van der Waals surface area (Å²) in [5, 5.41) is 15.3. The Morgan fingerprint density at radius 3 is 2.84 bits per heavy atom. The Bertz CT molecular complexity index is 1180. The highest BCUT2D eigenvalue weighted by Gasteiger charge is 2.16. The van der Waals surface area contributed by atoms with Gasteiger partial charge in [0, 0.05) is 15.6 Å². The maximum absolute atomic E-state index is 12.3. The molecule has 1 aromatic heterocycles. The first-order valence-corrected chi connectivity index (χ1v) is 10.7. The van der Waals surface area contributed by atoms with Crippen molar-refractivity contribution in [1.82, 2.24) is 15.6 Å². The van der Waals surface area contributed by atoms with Gasteiger partial charge in [-0.05, 0) is 47.1 Å². The van der Waals surface area contributed by atoms with Crippen molar-refractivity contribution in [1.29, 1.82) is 0 Å². The number of amides is 2. The van der Waals surface area contributed by atoms with Crippen LogP contribution in [0.25, 0.3) is 0 Å². The summed E-state index contributed by atoms with van der Waals surface area (Å²) >= 11 is 4.55. The van der Waals surface area contributed by atoms with E-state index in [4.69, 9.17) is 9.47 Å². The number of nitrogens with one attached hydrogen (secondary N) is 2. The Hall–Kier alpha value is -3.31. The molecule has 11 heteroatoms. The van der Waals surface area contributed by atoms with Crippen molar-refractivity contribution in [3.63, 3.8) is 0 Å². The maximum atomic E-state index is 12.3. The van der Waals surface area contributed by atoms with Crippen molar-refractivity contribution >= 4 is 50.4 Å². The molecular weight excluding hydrogens is 486 g/mol. The third-order valence-electron chi connectivity index (χ3n) is 4.16. The zero-order valence-corrected chi connectivity index (χ0v) is 18.6. The molecule has 0 aliphatic carbocycles. The SMILES string of the molecule is Cc1cccc(C(=O)Nc2nnc(CC(=O)N/N=C\c3cc4c(cc3Br)OCO4)s2)c1. The average molecular weight is 502 g/mol. The largest absolute Gasteiger partial charge is 0.454 e. The van der Waals surface area contributed by atoms with Gasteiger partial charge in [-0.15, -0.1) is 10.2 Å². The van der Waals surface area contributed by atoms with Crippen LogP contribution in [0.4, 0.5) is 5.13 Å². The molecule has 2 amide bonds. The minimum Gasteiger partial charge on any atom is -0.454 e. The summed E-state index contributed by atoms with van der Waals surface area (Å²) in [5.74, 6) is 0.621. The van der Waals surface area contributed by atoms with Gasteiger partial charge in [-0.25, -0.2) is 5.43 Å². The number of nitrogens with zero attached hydrogens (tertiary/aromatic N) is 3. The Morgan fingerprint density at radius 1 is 1.23 bits per heavy atom. The zero-order valence-electron chi connectivity index (χ0n) is 16.2. The lowest BCUT2D eigenvalue weighted by atomic mass is 10.1. The number of rotatable bonds is 6. The van der Waals surface area contributed by atoms with Crippen molar-refractivity contribution in [2.24, 2.45) is 5.10 Å². The van der Waals surface area contributed by atoms with Crippen LogP contribution in [0.5, 0.6) is 11.5 Å². The lowest BCUT2D eigenvalue weighted by Crippen LogP contribution is -2.19. The minimum absolute atomic E-state index is 0.0162. The predicted octanol–water partition coefficient (Wildman–Crippen LogP) is 3.28. The first kappa shape index (κ1) is 20.9. The summed E-state index contributed by atoms with van der Waals surface area (Å²) in [7, 11) is 0. The van der Waals surface area contributed by atoms with Crippen molar-refractivity contribution in [3.05, 3.63) is 62.6 Å². The van der Waals surface area contributed by atoms with Crippen molar-refractivity contribution in [2.75, 3.05) is 12.1 Å². The van der Waals surface area contributed by atoms with E-state index in [1.54, 1.807) is 24.3 Å². The lowest BCUT2D eigenvalue weighted by molar-refractivity contribution is -0.120. The number of hydrogen-bond donors (Lipinski definition) is 2. The molecule has 31 heavy (non-hydrogen) atoms. The molecule has 1 aliphatic rings. The van der Waals surface area contributed by atoms with Gasteiger partial charge in [0.15, 0.2) is 11.5 Å². The molecule has 0 saturated carbocycles. The minimum atomic E-state index is -0.360. The number of carbonyl (C=O) groups excluding carboxylic acids is 2. The number of hydrogen-bond acceptors (Lipinski definition) is 8. The van der Waals surface area contributed by atoms with Crippen LogP contribution in [0.3, 0.4) is 0 Å². The summed E-state index contributed by atoms with van der Waals surface area (Å²) in [4.78, 5) is 24.4. The molecule has 0 atom stereocenters. The molecule has 0 unspecified atom stereocenters. The number of anilines is 1. The molecule has 1 aliphatic heterocycles. The fourth-order valence-electron chi connectivity index (χ4n) is 2.71. The Balaban J connectivity index is 1.31. The second-order valence-corrected chi connectivity index (χ2v) is 8.44. The van der Waals surface area contributed by atoms with E-state index in [9.17, 15) is 9.59 Å². The quantitative estimate of drug-likeness (QED) is 0.395. The molecular formula is C20H16BrN5O4S. The molecule has 0 bridgehead atoms. The number of halogens is 1. The van der Waals surface area contributed by atoms with Crippen LogP contribution in [0, 0.1) is 6.92 Å². The highest BCUT2D eigenvalue weighted by Crippen LogP contribution is 2.36. The summed E-state index contributed by atoms with van der Waals surface area (Å²) in [6.07, 6.45) is 1.48. The molecule has 0 saturated heterocycles. The van der Waals surface area contributed by atoms with Crippen LogP contribution in [0.1, 0.15) is 26.5 Å². The molecule has 2 N–H and O–H groups in total. The highest BCUT2D eigenvalue weighted by atomic mass is 79.9. The highest BCUT2D eigenvalue weighted by molar-refractivity contribution is 9.10. The normalized spacial score (nSPS) is 12.2. The van der Waals surface area contributed by atoms with Gasteiger partial charge >= 0.3 is 0 Å². The fourth-order valence-corrected chi connectivity index (χ4v) is 3.87. The van der Waals surface area contributed by atoms with Gasteiger partial charge in [-0.3, -0.25) is 14.9 Å². The number of aryl methyl sites for hydroxylation is 1. The maximum Gasteiger partial charge on any atom is 0.257 e. The Labute approximate surface area is 189 Å². The van der Waals surface area contributed by atoms with Gasteiger partial charge < -0.3 is 9.47 Å². The molecule has 4 rings (SSSR count). The molecule has 158 valence electrons. The lowest BCUT2D eigenvalue weighted by Gasteiger charge is -2.02. The van der Waals surface area contributed by atoms with Gasteiger partial charge in [0.05, 0.1) is 12.6 Å². The van der Waals surface area contributed by atoms with E-state index in [0.29, 0.717) is 27.2 Å². The van der Waals surface area contributed by atoms with E-state index in [-0.39, 0.29) is 25.0 Å². The predicted molar refractivity (Wildman–Crippen MR) is 119 cm³/mol. The molecule has 3 aromatic rings. The molecule has 0 radical (unpaired) electrons. The molecule has 0 fully saturated rings. The molecule has 0 spiro atoms. The summed E-state index contributed by atoms with van der Waals surface area (Å²) < 4.78 is 11.4. The second-order valence-electron chi connectivity index (χ2n) is 6.52. The van der Waals surface area contributed by atoms with Crippen LogP contribution >= 0.6 is 27.3 Å². The molecule has 2 aromatic carbocycles. The first-order valence-electron chi connectivity index (χ1n) is 9.09. The summed E-state index contributed by atoms with van der Waals surface area (Å²) in [5.41, 5.74) is 4.68. The van der Waals surface area contributed by atoms with Crippen LogP contribution < -0.4 is 20.2 Å². The number of carbonyl (C=O) groups is 2. The van der Waals surface area contributed by atoms with E-state index in [1.165, 1.54) is 6.21 Å². The van der Waals surface area contributed by atoms with Gasteiger partial charge in [-0.1, -0.05) is 29.0 Å². The molecule has 2 heterocycles. The van der Waals surface area contributed by atoms with Gasteiger partial charge in [-0.2, -0.15) is 5.10 Å². The standard InChI is InChI=1S/C20H16BrN5O4S/c1-11-3-2-4-12(5-11)19(28)23-20-26-25-18(31-20)8-17(27)24-22-9-13-6-15-16(7-14(13)21)30-10-29-15/h2-7,9H,8,10H2,1H3,(H,24,27)(H,23,26,28)/b22-9-. The van der Waals surface area contributed by atoms with E-state index < -0.39 is 0 Å². The van der Waals surface area contributed by atoms with Gasteiger partial charge in [0.2, 0.25) is 17.8 Å². The first-order chi connectivity index (χ1) is 15.0. The van der Waals surface area contributed by atoms with Crippen LogP contribution in [-0.4, -0.2) is 35.0 Å². The third kappa shape index (κ3) is 5.25. The van der Waals surface area contributed by atoms with Crippen molar-refractivity contribution in [3.8, 4) is 11.5 Å². The number of fused-ring (bicyclic) bond motifs is 1. The van der Waals surface area contributed by atoms with Gasteiger partial charge in [0.25, 0.3) is 5.91 Å². The van der Waals surface area contributed by atoms with Gasteiger partial charge in [0.1, 0.15) is 5.01 Å². The smallest absolute Gasteiger partial charge is 0.257 e. The zero-order chi connectivity index (χ0) is 21.8. The summed E-state index contributed by atoms with van der Waals surface area (Å²) in [6.45, 7) is 2.08. The number of benzene rings is 2. The fraction of sp³-hybridized carbons (Fsp3) is 0.150. The number of aromatic nitrogens is 2.